The fraction of sp³-hybridized carbons (Fsp3) is 0.556. The Kier molecular flexibility index (Phi) is 5.77. The lowest BCUT2D eigenvalue weighted by Crippen LogP contribution is -2.20. The number of rotatable bonds is 6. The summed E-state index contributed by atoms with van der Waals surface area (Å²) in [6, 6.07) is 3.07. The number of hydrogen-bond acceptors (Lipinski definition) is 1. The minimum absolute atomic E-state index is 0.0341. The fourth-order valence-electron chi connectivity index (χ4n) is 2.99. The first-order chi connectivity index (χ1) is 10.1. The van der Waals surface area contributed by atoms with Crippen molar-refractivity contribution in [3.8, 4) is 5.75 Å². The average molecular weight is 294 g/mol. The zero-order valence-corrected chi connectivity index (χ0v) is 12.7. The molecule has 0 bridgehead atoms. The molecule has 1 aromatic carbocycles. The van der Waals surface area contributed by atoms with Gasteiger partial charge in [-0.2, -0.15) is 4.39 Å². The second kappa shape index (κ2) is 7.58. The second-order valence-electron chi connectivity index (χ2n) is 6.07. The van der Waals surface area contributed by atoms with E-state index >= 15 is 0 Å². The van der Waals surface area contributed by atoms with Crippen LogP contribution in [0.25, 0.3) is 0 Å². The molecule has 0 spiro atoms. The third-order valence-electron chi connectivity index (χ3n) is 4.46. The van der Waals surface area contributed by atoms with Crippen molar-refractivity contribution < 1.29 is 13.5 Å². The molecule has 2 rings (SSSR count). The Balaban J connectivity index is 1.80. The van der Waals surface area contributed by atoms with Crippen molar-refractivity contribution in [3.05, 3.63) is 42.0 Å². The summed E-state index contributed by atoms with van der Waals surface area (Å²) in [6.07, 6.45) is 8.90. The van der Waals surface area contributed by atoms with Crippen molar-refractivity contribution in [2.75, 3.05) is 6.61 Å². The maximum atomic E-state index is 13.7. The number of halogens is 2. The van der Waals surface area contributed by atoms with Crippen LogP contribution in [0.15, 0.2) is 24.8 Å². The van der Waals surface area contributed by atoms with Gasteiger partial charge in [-0.3, -0.25) is 0 Å². The number of hydrogen-bond donors (Lipinski definition) is 0. The summed E-state index contributed by atoms with van der Waals surface area (Å²) in [5, 5.41) is 0. The van der Waals surface area contributed by atoms with Gasteiger partial charge in [-0.15, -0.1) is 6.58 Å². The quantitative estimate of drug-likeness (QED) is 0.636. The van der Waals surface area contributed by atoms with Gasteiger partial charge in [0.15, 0.2) is 11.6 Å². The molecule has 116 valence electrons. The smallest absolute Gasteiger partial charge is 0.200 e. The largest absolute Gasteiger partial charge is 0.490 e. The zero-order valence-electron chi connectivity index (χ0n) is 12.7. The Hall–Kier alpha value is -1.38. The Morgan fingerprint density at radius 3 is 2.48 bits per heavy atom. The summed E-state index contributed by atoms with van der Waals surface area (Å²) in [6.45, 7) is 5.79. The number of ether oxygens (including phenoxy) is 1. The van der Waals surface area contributed by atoms with Crippen LogP contribution >= 0.6 is 0 Å². The normalized spacial score (nSPS) is 22.0. The van der Waals surface area contributed by atoms with Crippen LogP contribution in [0.3, 0.4) is 0 Å². The highest BCUT2D eigenvalue weighted by atomic mass is 19.2. The average Bonchev–Trinajstić information content (AvgIpc) is 2.51. The minimum Gasteiger partial charge on any atom is -0.490 e. The second-order valence-corrected chi connectivity index (χ2v) is 6.07. The van der Waals surface area contributed by atoms with Gasteiger partial charge in [0, 0.05) is 0 Å². The van der Waals surface area contributed by atoms with Crippen molar-refractivity contribution in [2.24, 2.45) is 11.8 Å². The Labute approximate surface area is 126 Å². The van der Waals surface area contributed by atoms with Crippen LogP contribution < -0.4 is 4.74 Å². The van der Waals surface area contributed by atoms with E-state index in [1.54, 1.807) is 13.0 Å². The third kappa shape index (κ3) is 4.29. The van der Waals surface area contributed by atoms with Crippen LogP contribution in [-0.4, -0.2) is 6.61 Å². The van der Waals surface area contributed by atoms with Gasteiger partial charge >= 0.3 is 0 Å². The molecule has 1 aliphatic carbocycles. The molecule has 0 atom stereocenters. The molecular weight excluding hydrogens is 270 g/mol. The molecule has 0 N–H and O–H groups in total. The van der Waals surface area contributed by atoms with Crippen LogP contribution in [-0.2, 0) is 0 Å². The Morgan fingerprint density at radius 2 is 1.81 bits per heavy atom. The van der Waals surface area contributed by atoms with Crippen LogP contribution in [0.1, 0.15) is 44.1 Å². The molecule has 1 nitrogen and oxygen atoms in total. The summed E-state index contributed by atoms with van der Waals surface area (Å²) in [5.74, 6) is -0.399. The zero-order chi connectivity index (χ0) is 15.2. The van der Waals surface area contributed by atoms with Crippen molar-refractivity contribution in [1.29, 1.82) is 0 Å². The van der Waals surface area contributed by atoms with Gasteiger partial charge in [-0.25, -0.2) is 4.39 Å². The first-order valence-electron chi connectivity index (χ1n) is 7.80. The number of aryl methyl sites for hydroxylation is 1. The molecule has 1 aromatic rings. The van der Waals surface area contributed by atoms with Gasteiger partial charge < -0.3 is 4.74 Å². The standard InChI is InChI=1S/C18H24F2O/c1-3-4-5-14-7-9-15(10-8-14)12-21-16-11-6-13(2)17(19)18(16)20/h3,6,11,14-15H,1,4-5,7-10,12H2,2H3. The van der Waals surface area contributed by atoms with Gasteiger partial charge in [0.05, 0.1) is 6.61 Å². The van der Waals surface area contributed by atoms with E-state index in [0.717, 1.165) is 25.2 Å². The summed E-state index contributed by atoms with van der Waals surface area (Å²) in [4.78, 5) is 0. The van der Waals surface area contributed by atoms with Crippen LogP contribution in [0.5, 0.6) is 5.75 Å². The van der Waals surface area contributed by atoms with E-state index in [1.165, 1.54) is 25.3 Å². The summed E-state index contributed by atoms with van der Waals surface area (Å²) in [7, 11) is 0. The highest BCUT2D eigenvalue weighted by Crippen LogP contribution is 2.32. The maximum Gasteiger partial charge on any atom is 0.200 e. The lowest BCUT2D eigenvalue weighted by atomic mass is 9.80. The predicted molar refractivity (Wildman–Crippen MR) is 81.5 cm³/mol. The molecule has 1 fully saturated rings. The lowest BCUT2D eigenvalue weighted by molar-refractivity contribution is 0.174. The van der Waals surface area contributed by atoms with Crippen LogP contribution in [0, 0.1) is 30.4 Å². The summed E-state index contributed by atoms with van der Waals surface area (Å²) >= 11 is 0. The molecule has 0 heterocycles. The minimum atomic E-state index is -0.866. The monoisotopic (exact) mass is 294 g/mol. The number of benzene rings is 1. The molecule has 0 saturated heterocycles. The van der Waals surface area contributed by atoms with Gasteiger partial charge in [0.2, 0.25) is 5.82 Å². The van der Waals surface area contributed by atoms with E-state index in [4.69, 9.17) is 4.74 Å². The SMILES string of the molecule is C=CCCC1CCC(COc2ccc(C)c(F)c2F)CC1. The highest BCUT2D eigenvalue weighted by molar-refractivity contribution is 5.30. The molecule has 0 amide bonds. The summed E-state index contributed by atoms with van der Waals surface area (Å²) in [5.41, 5.74) is 0.308. The topological polar surface area (TPSA) is 9.23 Å². The lowest BCUT2D eigenvalue weighted by Gasteiger charge is -2.28. The molecule has 0 aliphatic heterocycles. The van der Waals surface area contributed by atoms with E-state index in [2.05, 4.69) is 6.58 Å². The van der Waals surface area contributed by atoms with Gasteiger partial charge in [0.25, 0.3) is 0 Å². The molecule has 1 saturated carbocycles. The van der Waals surface area contributed by atoms with Gasteiger partial charge in [-0.1, -0.05) is 25.0 Å². The van der Waals surface area contributed by atoms with Crippen molar-refractivity contribution in [1.82, 2.24) is 0 Å². The van der Waals surface area contributed by atoms with Gasteiger partial charge in [-0.05, 0) is 56.1 Å². The predicted octanol–water partition coefficient (Wildman–Crippen LogP) is 5.42. The third-order valence-corrected chi connectivity index (χ3v) is 4.46. The van der Waals surface area contributed by atoms with E-state index in [0.29, 0.717) is 18.1 Å². The molecule has 1 aliphatic rings. The fourth-order valence-corrected chi connectivity index (χ4v) is 2.99. The first-order valence-corrected chi connectivity index (χ1v) is 7.80. The van der Waals surface area contributed by atoms with Crippen LogP contribution in [0.2, 0.25) is 0 Å². The van der Waals surface area contributed by atoms with Crippen LogP contribution in [0.4, 0.5) is 8.78 Å². The highest BCUT2D eigenvalue weighted by Gasteiger charge is 2.22. The van der Waals surface area contributed by atoms with Crippen molar-refractivity contribution in [3.63, 3.8) is 0 Å². The first kappa shape index (κ1) is 16.0. The molecule has 0 aromatic heterocycles. The maximum absolute atomic E-state index is 13.7. The van der Waals surface area contributed by atoms with E-state index in [9.17, 15) is 8.78 Å². The molecule has 0 radical (unpaired) electrons. The van der Waals surface area contributed by atoms with E-state index in [1.807, 2.05) is 6.08 Å². The molecule has 3 heteroatoms. The van der Waals surface area contributed by atoms with Crippen molar-refractivity contribution in [2.45, 2.75) is 45.4 Å². The number of allylic oxidation sites excluding steroid dienone is 1. The molecular formula is C18H24F2O. The molecule has 21 heavy (non-hydrogen) atoms. The Morgan fingerprint density at radius 1 is 1.14 bits per heavy atom. The Bertz CT molecular complexity index is 476. The summed E-state index contributed by atoms with van der Waals surface area (Å²) < 4.78 is 32.7. The molecule has 0 unspecified atom stereocenters. The van der Waals surface area contributed by atoms with Crippen molar-refractivity contribution >= 4 is 0 Å². The van der Waals surface area contributed by atoms with E-state index in [-0.39, 0.29) is 5.75 Å². The van der Waals surface area contributed by atoms with Gasteiger partial charge in [0.1, 0.15) is 0 Å². The van der Waals surface area contributed by atoms with E-state index < -0.39 is 11.6 Å².